The number of carbonyl (C=O) groups excluding carboxylic acids is 1. The fraction of sp³-hybridized carbons (Fsp3) is 0.462. The Morgan fingerprint density at radius 1 is 1.28 bits per heavy atom. The Balaban J connectivity index is 2.35. The third-order valence-electron chi connectivity index (χ3n) is 2.61. The van der Waals surface area contributed by atoms with Crippen LogP contribution in [0.5, 0.6) is 0 Å². The van der Waals surface area contributed by atoms with Crippen LogP contribution in [0.4, 0.5) is 4.79 Å². The second-order valence-corrected chi connectivity index (χ2v) is 5.11. The third kappa shape index (κ3) is 5.61. The molecule has 0 spiro atoms. The molecule has 0 bridgehead atoms. The molecule has 1 unspecified atom stereocenters. The first-order valence-electron chi connectivity index (χ1n) is 6.00. The van der Waals surface area contributed by atoms with Gasteiger partial charge in [-0.2, -0.15) is 0 Å². The van der Waals surface area contributed by atoms with Crippen molar-refractivity contribution in [1.29, 1.82) is 0 Å². The molecule has 3 nitrogen and oxygen atoms in total. The lowest BCUT2D eigenvalue weighted by Gasteiger charge is -2.12. The van der Waals surface area contributed by atoms with Gasteiger partial charge in [0.25, 0.3) is 0 Å². The SMILES string of the molecule is CCC(C)NC(=O)NCCc1cc(Cl)cc(Cl)c1. The summed E-state index contributed by atoms with van der Waals surface area (Å²) in [5.74, 6) is 0. The Morgan fingerprint density at radius 3 is 2.44 bits per heavy atom. The second kappa shape index (κ2) is 7.49. The van der Waals surface area contributed by atoms with Crippen molar-refractivity contribution < 1.29 is 4.79 Å². The van der Waals surface area contributed by atoms with E-state index < -0.39 is 0 Å². The lowest BCUT2D eigenvalue weighted by molar-refractivity contribution is 0.237. The lowest BCUT2D eigenvalue weighted by atomic mass is 10.1. The number of nitrogens with one attached hydrogen (secondary N) is 2. The maximum absolute atomic E-state index is 11.5. The molecule has 1 aromatic carbocycles. The molecule has 0 aromatic heterocycles. The zero-order valence-corrected chi connectivity index (χ0v) is 12.1. The minimum absolute atomic E-state index is 0.141. The van der Waals surface area contributed by atoms with Gasteiger partial charge in [0.2, 0.25) is 0 Å². The average molecular weight is 289 g/mol. The molecule has 0 aliphatic rings. The molecule has 100 valence electrons. The van der Waals surface area contributed by atoms with Gasteiger partial charge in [-0.15, -0.1) is 0 Å². The van der Waals surface area contributed by atoms with E-state index in [0.717, 1.165) is 12.0 Å². The molecule has 0 aliphatic heterocycles. The fourth-order valence-corrected chi connectivity index (χ4v) is 2.02. The first kappa shape index (κ1) is 15.1. The number of hydrogen-bond donors (Lipinski definition) is 2. The summed E-state index contributed by atoms with van der Waals surface area (Å²) >= 11 is 11.8. The van der Waals surface area contributed by atoms with Crippen LogP contribution in [0.25, 0.3) is 0 Å². The topological polar surface area (TPSA) is 41.1 Å². The number of hydrogen-bond acceptors (Lipinski definition) is 1. The third-order valence-corrected chi connectivity index (χ3v) is 3.05. The van der Waals surface area contributed by atoms with Crippen molar-refractivity contribution in [2.24, 2.45) is 0 Å². The average Bonchev–Trinajstić information content (AvgIpc) is 2.27. The molecule has 0 saturated heterocycles. The van der Waals surface area contributed by atoms with Gasteiger partial charge in [0.05, 0.1) is 0 Å². The van der Waals surface area contributed by atoms with Crippen LogP contribution in [0.15, 0.2) is 18.2 Å². The number of carbonyl (C=O) groups is 1. The van der Waals surface area contributed by atoms with Crippen LogP contribution in [0, 0.1) is 0 Å². The summed E-state index contributed by atoms with van der Waals surface area (Å²) < 4.78 is 0. The summed E-state index contributed by atoms with van der Waals surface area (Å²) in [5.41, 5.74) is 1.01. The van der Waals surface area contributed by atoms with Crippen molar-refractivity contribution in [2.45, 2.75) is 32.7 Å². The molecule has 2 N–H and O–H groups in total. The van der Waals surface area contributed by atoms with E-state index in [1.54, 1.807) is 6.07 Å². The van der Waals surface area contributed by atoms with Crippen molar-refractivity contribution in [1.82, 2.24) is 10.6 Å². The Kier molecular flexibility index (Phi) is 6.30. The number of benzene rings is 1. The number of amides is 2. The van der Waals surface area contributed by atoms with Gasteiger partial charge in [0.1, 0.15) is 0 Å². The molecule has 0 heterocycles. The van der Waals surface area contributed by atoms with Crippen molar-refractivity contribution >= 4 is 29.2 Å². The normalized spacial score (nSPS) is 12.0. The molecule has 5 heteroatoms. The Hall–Kier alpha value is -0.930. The van der Waals surface area contributed by atoms with E-state index in [9.17, 15) is 4.79 Å². The van der Waals surface area contributed by atoms with E-state index in [-0.39, 0.29) is 12.1 Å². The highest BCUT2D eigenvalue weighted by Crippen LogP contribution is 2.19. The monoisotopic (exact) mass is 288 g/mol. The molecular formula is C13H18Cl2N2O. The largest absolute Gasteiger partial charge is 0.338 e. The van der Waals surface area contributed by atoms with Crippen LogP contribution in [-0.2, 0) is 6.42 Å². The van der Waals surface area contributed by atoms with E-state index in [1.807, 2.05) is 26.0 Å². The number of halogens is 2. The summed E-state index contributed by atoms with van der Waals surface area (Å²) in [6, 6.07) is 5.43. The minimum Gasteiger partial charge on any atom is -0.338 e. The molecule has 2 amide bonds. The van der Waals surface area contributed by atoms with Crippen molar-refractivity contribution in [3.05, 3.63) is 33.8 Å². The first-order valence-corrected chi connectivity index (χ1v) is 6.76. The summed E-state index contributed by atoms with van der Waals surface area (Å²) in [6.45, 7) is 4.55. The van der Waals surface area contributed by atoms with Gasteiger partial charge in [0.15, 0.2) is 0 Å². The first-order chi connectivity index (χ1) is 8.51. The molecule has 1 aromatic rings. The van der Waals surface area contributed by atoms with Gasteiger partial charge >= 0.3 is 6.03 Å². The maximum Gasteiger partial charge on any atom is 0.315 e. The highest BCUT2D eigenvalue weighted by molar-refractivity contribution is 6.34. The predicted molar refractivity (Wildman–Crippen MR) is 76.5 cm³/mol. The number of rotatable bonds is 5. The Bertz CT molecular complexity index is 390. The van der Waals surface area contributed by atoms with Crippen LogP contribution in [0.3, 0.4) is 0 Å². The lowest BCUT2D eigenvalue weighted by Crippen LogP contribution is -2.41. The predicted octanol–water partition coefficient (Wildman–Crippen LogP) is 3.63. The van der Waals surface area contributed by atoms with E-state index in [2.05, 4.69) is 10.6 Å². The second-order valence-electron chi connectivity index (χ2n) is 4.24. The Labute approximate surface area is 118 Å². The van der Waals surface area contributed by atoms with Crippen molar-refractivity contribution in [3.8, 4) is 0 Å². The Morgan fingerprint density at radius 2 is 1.89 bits per heavy atom. The van der Waals surface area contributed by atoms with Gasteiger partial charge in [0, 0.05) is 22.6 Å². The summed E-state index contributed by atoms with van der Waals surface area (Å²) in [4.78, 5) is 11.5. The molecule has 0 fully saturated rings. The molecule has 0 aliphatic carbocycles. The molecule has 1 rings (SSSR count). The van der Waals surface area contributed by atoms with Crippen LogP contribution >= 0.6 is 23.2 Å². The van der Waals surface area contributed by atoms with E-state index in [4.69, 9.17) is 23.2 Å². The minimum atomic E-state index is -0.141. The summed E-state index contributed by atoms with van der Waals surface area (Å²) in [5, 5.41) is 6.86. The van der Waals surface area contributed by atoms with Crippen molar-refractivity contribution in [3.63, 3.8) is 0 Å². The van der Waals surface area contributed by atoms with Crippen LogP contribution in [-0.4, -0.2) is 18.6 Å². The van der Waals surface area contributed by atoms with Gasteiger partial charge in [-0.05, 0) is 43.5 Å². The standard InChI is InChI=1S/C13H18Cl2N2O/c1-3-9(2)17-13(18)16-5-4-10-6-11(14)8-12(15)7-10/h6-9H,3-5H2,1-2H3,(H2,16,17,18). The van der Waals surface area contributed by atoms with Gasteiger partial charge in [-0.3, -0.25) is 0 Å². The van der Waals surface area contributed by atoms with Crippen LogP contribution < -0.4 is 10.6 Å². The summed E-state index contributed by atoms with van der Waals surface area (Å²) in [7, 11) is 0. The van der Waals surface area contributed by atoms with Crippen LogP contribution in [0.2, 0.25) is 10.0 Å². The molecule has 0 radical (unpaired) electrons. The van der Waals surface area contributed by atoms with Gasteiger partial charge in [-0.25, -0.2) is 4.79 Å². The van der Waals surface area contributed by atoms with Crippen LogP contribution in [0.1, 0.15) is 25.8 Å². The molecule has 0 saturated carbocycles. The highest BCUT2D eigenvalue weighted by atomic mass is 35.5. The molecule has 1 atom stereocenters. The zero-order chi connectivity index (χ0) is 13.5. The maximum atomic E-state index is 11.5. The van der Waals surface area contributed by atoms with E-state index >= 15 is 0 Å². The zero-order valence-electron chi connectivity index (χ0n) is 10.6. The van der Waals surface area contributed by atoms with Gasteiger partial charge < -0.3 is 10.6 Å². The quantitative estimate of drug-likeness (QED) is 0.853. The van der Waals surface area contributed by atoms with E-state index in [1.165, 1.54) is 0 Å². The molecular weight excluding hydrogens is 271 g/mol. The smallest absolute Gasteiger partial charge is 0.315 e. The molecule has 18 heavy (non-hydrogen) atoms. The van der Waals surface area contributed by atoms with Gasteiger partial charge in [-0.1, -0.05) is 30.1 Å². The summed E-state index contributed by atoms with van der Waals surface area (Å²) in [6.07, 6.45) is 1.62. The fourth-order valence-electron chi connectivity index (χ4n) is 1.45. The van der Waals surface area contributed by atoms with Crippen molar-refractivity contribution in [2.75, 3.05) is 6.54 Å². The highest BCUT2D eigenvalue weighted by Gasteiger charge is 2.04. The number of urea groups is 1. The van der Waals surface area contributed by atoms with E-state index in [0.29, 0.717) is 23.0 Å².